The number of aromatic nitrogens is 3. The average molecular weight is 257 g/mol. The van der Waals surface area contributed by atoms with Crippen molar-refractivity contribution in [2.24, 2.45) is 0 Å². The van der Waals surface area contributed by atoms with Gasteiger partial charge in [0.25, 0.3) is 0 Å². The Morgan fingerprint density at radius 1 is 1.38 bits per heavy atom. The van der Waals surface area contributed by atoms with Crippen LogP contribution >= 0.6 is 23.2 Å². The van der Waals surface area contributed by atoms with Gasteiger partial charge in [-0.25, -0.2) is 4.98 Å². The molecular weight excluding hydrogens is 247 g/mol. The van der Waals surface area contributed by atoms with Gasteiger partial charge in [0.05, 0.1) is 22.3 Å². The van der Waals surface area contributed by atoms with Gasteiger partial charge in [-0.1, -0.05) is 23.2 Å². The Morgan fingerprint density at radius 3 is 2.81 bits per heavy atom. The monoisotopic (exact) mass is 256 g/mol. The van der Waals surface area contributed by atoms with Gasteiger partial charge in [0, 0.05) is 18.0 Å². The molecule has 16 heavy (non-hydrogen) atoms. The van der Waals surface area contributed by atoms with Gasteiger partial charge in [0.1, 0.15) is 5.82 Å². The summed E-state index contributed by atoms with van der Waals surface area (Å²) in [6, 6.07) is 1.73. The summed E-state index contributed by atoms with van der Waals surface area (Å²) in [5, 5.41) is 10.8. The minimum atomic E-state index is 0.0740. The molecule has 0 fully saturated rings. The molecule has 0 aromatic carbocycles. The number of rotatable bonds is 3. The van der Waals surface area contributed by atoms with Crippen molar-refractivity contribution in [3.8, 4) is 0 Å². The lowest BCUT2D eigenvalue weighted by Gasteiger charge is -2.13. The van der Waals surface area contributed by atoms with Gasteiger partial charge >= 0.3 is 0 Å². The van der Waals surface area contributed by atoms with E-state index < -0.39 is 0 Å². The SMILES string of the molecule is CC(Nc1ncc(Cl)cc1Cl)c1cn[nH]c1. The van der Waals surface area contributed by atoms with Gasteiger partial charge in [0.15, 0.2) is 0 Å². The van der Waals surface area contributed by atoms with E-state index in [0.29, 0.717) is 15.9 Å². The summed E-state index contributed by atoms with van der Waals surface area (Å²) >= 11 is 11.8. The summed E-state index contributed by atoms with van der Waals surface area (Å²) in [7, 11) is 0. The molecule has 2 heterocycles. The van der Waals surface area contributed by atoms with Gasteiger partial charge < -0.3 is 5.32 Å². The van der Waals surface area contributed by atoms with Gasteiger partial charge in [-0.15, -0.1) is 0 Å². The Balaban J connectivity index is 2.15. The lowest BCUT2D eigenvalue weighted by molar-refractivity contribution is 0.876. The molecule has 2 aromatic rings. The van der Waals surface area contributed by atoms with Gasteiger partial charge in [-0.05, 0) is 13.0 Å². The fourth-order valence-corrected chi connectivity index (χ4v) is 1.74. The molecule has 0 amide bonds. The quantitative estimate of drug-likeness (QED) is 0.887. The molecule has 1 atom stereocenters. The molecule has 1 unspecified atom stereocenters. The molecule has 2 rings (SSSR count). The van der Waals surface area contributed by atoms with Crippen molar-refractivity contribution >= 4 is 29.0 Å². The van der Waals surface area contributed by atoms with Crippen LogP contribution in [-0.2, 0) is 0 Å². The Kier molecular flexibility index (Phi) is 3.31. The van der Waals surface area contributed by atoms with Crippen LogP contribution in [0, 0.1) is 0 Å². The lowest BCUT2D eigenvalue weighted by atomic mass is 10.2. The van der Waals surface area contributed by atoms with E-state index in [4.69, 9.17) is 23.2 Å². The molecular formula is C10H10Cl2N4. The molecule has 2 aromatic heterocycles. The number of nitrogens with zero attached hydrogens (tertiary/aromatic N) is 2. The largest absolute Gasteiger partial charge is 0.362 e. The smallest absolute Gasteiger partial charge is 0.145 e. The van der Waals surface area contributed by atoms with Crippen LogP contribution in [0.4, 0.5) is 5.82 Å². The van der Waals surface area contributed by atoms with E-state index in [1.807, 2.05) is 13.1 Å². The molecule has 4 nitrogen and oxygen atoms in total. The number of aromatic amines is 1. The molecule has 84 valence electrons. The summed E-state index contributed by atoms with van der Waals surface area (Å²) in [4.78, 5) is 4.12. The molecule has 0 saturated heterocycles. The first-order valence-electron chi connectivity index (χ1n) is 4.73. The predicted octanol–water partition coefficient (Wildman–Crippen LogP) is 3.28. The number of pyridine rings is 1. The van der Waals surface area contributed by atoms with E-state index in [1.54, 1.807) is 18.5 Å². The van der Waals surface area contributed by atoms with Crippen LogP contribution in [0.25, 0.3) is 0 Å². The van der Waals surface area contributed by atoms with Crippen LogP contribution in [0.5, 0.6) is 0 Å². The van der Waals surface area contributed by atoms with E-state index in [1.165, 1.54) is 0 Å². The zero-order valence-corrected chi connectivity index (χ0v) is 10.0. The van der Waals surface area contributed by atoms with Crippen LogP contribution in [0.3, 0.4) is 0 Å². The van der Waals surface area contributed by atoms with E-state index in [2.05, 4.69) is 20.5 Å². The lowest BCUT2D eigenvalue weighted by Crippen LogP contribution is -2.07. The first kappa shape index (κ1) is 11.2. The summed E-state index contributed by atoms with van der Waals surface area (Å²) in [6.07, 6.45) is 5.13. The number of anilines is 1. The topological polar surface area (TPSA) is 53.6 Å². The summed E-state index contributed by atoms with van der Waals surface area (Å²) in [5.41, 5.74) is 1.04. The molecule has 0 saturated carbocycles. The van der Waals surface area contributed by atoms with Crippen molar-refractivity contribution in [2.75, 3.05) is 5.32 Å². The number of hydrogen-bond acceptors (Lipinski definition) is 3. The molecule has 0 radical (unpaired) electrons. The number of nitrogens with one attached hydrogen (secondary N) is 2. The predicted molar refractivity (Wildman–Crippen MR) is 64.9 cm³/mol. The zero-order valence-electron chi connectivity index (χ0n) is 8.54. The van der Waals surface area contributed by atoms with Crippen LogP contribution in [0.1, 0.15) is 18.5 Å². The summed E-state index contributed by atoms with van der Waals surface area (Å²) in [5.74, 6) is 0.611. The maximum Gasteiger partial charge on any atom is 0.145 e. The highest BCUT2D eigenvalue weighted by Crippen LogP contribution is 2.25. The van der Waals surface area contributed by atoms with E-state index >= 15 is 0 Å². The highest BCUT2D eigenvalue weighted by Gasteiger charge is 2.09. The second-order valence-corrected chi connectivity index (χ2v) is 4.23. The van der Waals surface area contributed by atoms with E-state index in [0.717, 1.165) is 5.56 Å². The van der Waals surface area contributed by atoms with Crippen LogP contribution < -0.4 is 5.32 Å². The Morgan fingerprint density at radius 2 is 2.19 bits per heavy atom. The van der Waals surface area contributed by atoms with Crippen LogP contribution in [0.2, 0.25) is 10.0 Å². The third-order valence-electron chi connectivity index (χ3n) is 2.18. The van der Waals surface area contributed by atoms with Gasteiger partial charge in [0.2, 0.25) is 0 Å². The van der Waals surface area contributed by atoms with E-state index in [-0.39, 0.29) is 6.04 Å². The van der Waals surface area contributed by atoms with Crippen LogP contribution in [0.15, 0.2) is 24.7 Å². The minimum Gasteiger partial charge on any atom is -0.362 e. The van der Waals surface area contributed by atoms with Gasteiger partial charge in [-0.2, -0.15) is 5.10 Å². The van der Waals surface area contributed by atoms with Crippen molar-refractivity contribution in [1.82, 2.24) is 15.2 Å². The van der Waals surface area contributed by atoms with Crippen molar-refractivity contribution in [2.45, 2.75) is 13.0 Å². The first-order valence-corrected chi connectivity index (χ1v) is 5.48. The Hall–Kier alpha value is -1.26. The summed E-state index contributed by atoms with van der Waals surface area (Å²) < 4.78 is 0. The normalized spacial score (nSPS) is 12.4. The number of halogens is 2. The fourth-order valence-electron chi connectivity index (χ4n) is 1.31. The van der Waals surface area contributed by atoms with E-state index in [9.17, 15) is 0 Å². The van der Waals surface area contributed by atoms with Gasteiger partial charge in [-0.3, -0.25) is 5.10 Å². The molecule has 0 aliphatic rings. The summed E-state index contributed by atoms with van der Waals surface area (Å²) in [6.45, 7) is 2.00. The molecule has 0 aliphatic carbocycles. The van der Waals surface area contributed by atoms with Crippen LogP contribution in [-0.4, -0.2) is 15.2 Å². The standard InChI is InChI=1S/C10H10Cl2N4/c1-6(7-3-14-15-4-7)16-10-9(12)2-8(11)5-13-10/h2-6H,1H3,(H,13,16)(H,14,15). The molecule has 0 aliphatic heterocycles. The molecule has 2 N–H and O–H groups in total. The van der Waals surface area contributed by atoms with Crippen molar-refractivity contribution in [3.63, 3.8) is 0 Å². The maximum absolute atomic E-state index is 6.00. The average Bonchev–Trinajstić information content (AvgIpc) is 2.75. The molecule has 0 spiro atoms. The minimum absolute atomic E-state index is 0.0740. The maximum atomic E-state index is 6.00. The Labute approximate surface area is 103 Å². The first-order chi connectivity index (χ1) is 7.66. The number of hydrogen-bond donors (Lipinski definition) is 2. The highest BCUT2D eigenvalue weighted by atomic mass is 35.5. The second-order valence-electron chi connectivity index (χ2n) is 3.38. The second kappa shape index (κ2) is 4.72. The zero-order chi connectivity index (χ0) is 11.5. The van der Waals surface area contributed by atoms with Crippen molar-refractivity contribution in [3.05, 3.63) is 40.3 Å². The number of H-pyrrole nitrogens is 1. The fraction of sp³-hybridized carbons (Fsp3) is 0.200. The van der Waals surface area contributed by atoms with Crippen molar-refractivity contribution in [1.29, 1.82) is 0 Å². The highest BCUT2D eigenvalue weighted by molar-refractivity contribution is 6.35. The Bertz CT molecular complexity index is 470. The molecule has 0 bridgehead atoms. The third kappa shape index (κ3) is 2.46. The third-order valence-corrected chi connectivity index (χ3v) is 2.68. The molecule has 6 heteroatoms. The van der Waals surface area contributed by atoms with Crippen molar-refractivity contribution < 1.29 is 0 Å².